The molecule has 0 aromatic heterocycles. The van der Waals surface area contributed by atoms with Crippen LogP contribution in [0.4, 0.5) is 11.4 Å². The molecule has 0 saturated carbocycles. The Morgan fingerprint density at radius 3 is 2.81 bits per heavy atom. The fourth-order valence-corrected chi connectivity index (χ4v) is 5.84. The minimum absolute atomic E-state index is 0.0859. The van der Waals surface area contributed by atoms with Crippen molar-refractivity contribution < 1.29 is 23.9 Å². The average Bonchev–Trinajstić information content (AvgIpc) is 3.17. The maximum absolute atomic E-state index is 13.2. The molecule has 4 amide bonds. The molecule has 0 radical (unpaired) electrons. The lowest BCUT2D eigenvalue weighted by Crippen LogP contribution is -2.56. The van der Waals surface area contributed by atoms with Gasteiger partial charge in [-0.25, -0.2) is 0 Å². The SMILES string of the molecule is CC(=O)Nc1cccc(CN2CCN3c4cc5c(cc4OC[C@@H]3C2)C(=O)N([C@H]2CCC(=O)NC2=O)C5)c1. The highest BCUT2D eigenvalue weighted by Gasteiger charge is 2.41. The number of nitrogens with one attached hydrogen (secondary N) is 2. The molecule has 0 bridgehead atoms. The number of benzene rings is 2. The van der Waals surface area contributed by atoms with Crippen LogP contribution in [-0.4, -0.2) is 71.8 Å². The third kappa shape index (κ3) is 4.42. The predicted octanol–water partition coefficient (Wildman–Crippen LogP) is 1.49. The number of fused-ring (bicyclic) bond motifs is 4. The number of amides is 4. The Morgan fingerprint density at radius 2 is 2.00 bits per heavy atom. The molecule has 2 saturated heterocycles. The lowest BCUT2D eigenvalue weighted by molar-refractivity contribution is -0.137. The molecule has 2 aromatic carbocycles. The van der Waals surface area contributed by atoms with Gasteiger partial charge in [-0.2, -0.15) is 0 Å². The number of carbonyl (C=O) groups excluding carboxylic acids is 4. The average molecular weight is 504 g/mol. The summed E-state index contributed by atoms with van der Waals surface area (Å²) in [6.45, 7) is 5.70. The van der Waals surface area contributed by atoms with Gasteiger partial charge in [0.15, 0.2) is 0 Å². The van der Waals surface area contributed by atoms with E-state index in [0.717, 1.165) is 48.7 Å². The number of anilines is 2. The van der Waals surface area contributed by atoms with E-state index in [4.69, 9.17) is 4.74 Å². The summed E-state index contributed by atoms with van der Waals surface area (Å²) >= 11 is 0. The van der Waals surface area contributed by atoms with Crippen molar-refractivity contribution in [2.24, 2.45) is 0 Å². The van der Waals surface area contributed by atoms with E-state index in [1.807, 2.05) is 30.3 Å². The van der Waals surface area contributed by atoms with Crippen molar-refractivity contribution in [2.75, 3.05) is 36.5 Å². The fraction of sp³-hybridized carbons (Fsp3) is 0.407. The second-order valence-corrected chi connectivity index (χ2v) is 10.2. The summed E-state index contributed by atoms with van der Waals surface area (Å²) < 4.78 is 6.13. The molecular formula is C27H29N5O5. The minimum atomic E-state index is -0.629. The molecule has 10 heteroatoms. The lowest BCUT2D eigenvalue weighted by atomic mass is 10.0. The van der Waals surface area contributed by atoms with Crippen LogP contribution in [0.15, 0.2) is 36.4 Å². The highest BCUT2D eigenvalue weighted by Crippen LogP contribution is 2.41. The number of rotatable bonds is 4. The van der Waals surface area contributed by atoms with Crippen LogP contribution in [0.3, 0.4) is 0 Å². The maximum Gasteiger partial charge on any atom is 0.255 e. The number of piperidine rings is 1. The quantitative estimate of drug-likeness (QED) is 0.608. The third-order valence-electron chi connectivity index (χ3n) is 7.56. The van der Waals surface area contributed by atoms with Gasteiger partial charge in [0.05, 0.1) is 11.7 Å². The first kappa shape index (κ1) is 23.5. The van der Waals surface area contributed by atoms with Gasteiger partial charge in [-0.05, 0) is 41.8 Å². The van der Waals surface area contributed by atoms with Crippen molar-refractivity contribution in [2.45, 2.75) is 44.9 Å². The molecule has 37 heavy (non-hydrogen) atoms. The van der Waals surface area contributed by atoms with E-state index in [1.54, 1.807) is 4.90 Å². The Morgan fingerprint density at radius 1 is 1.14 bits per heavy atom. The van der Waals surface area contributed by atoms with Crippen molar-refractivity contribution in [3.63, 3.8) is 0 Å². The molecule has 2 aromatic rings. The summed E-state index contributed by atoms with van der Waals surface area (Å²) in [7, 11) is 0. The van der Waals surface area contributed by atoms with E-state index >= 15 is 0 Å². The van der Waals surface area contributed by atoms with Crippen LogP contribution in [-0.2, 0) is 27.5 Å². The van der Waals surface area contributed by atoms with Crippen molar-refractivity contribution in [1.82, 2.24) is 15.1 Å². The van der Waals surface area contributed by atoms with Gasteiger partial charge in [-0.3, -0.25) is 29.4 Å². The molecule has 0 aliphatic carbocycles. The first-order chi connectivity index (χ1) is 17.9. The van der Waals surface area contributed by atoms with Crippen molar-refractivity contribution in [1.29, 1.82) is 0 Å². The molecule has 4 heterocycles. The summed E-state index contributed by atoms with van der Waals surface area (Å²) in [5.74, 6) is -0.274. The molecule has 10 nitrogen and oxygen atoms in total. The summed E-state index contributed by atoms with van der Waals surface area (Å²) in [4.78, 5) is 54.8. The van der Waals surface area contributed by atoms with E-state index in [0.29, 0.717) is 30.9 Å². The summed E-state index contributed by atoms with van der Waals surface area (Å²) in [6.07, 6.45) is 0.581. The van der Waals surface area contributed by atoms with E-state index in [1.165, 1.54) is 6.92 Å². The zero-order valence-corrected chi connectivity index (χ0v) is 20.7. The van der Waals surface area contributed by atoms with Crippen LogP contribution < -0.4 is 20.3 Å². The largest absolute Gasteiger partial charge is 0.489 e. The fourth-order valence-electron chi connectivity index (χ4n) is 5.84. The van der Waals surface area contributed by atoms with E-state index in [-0.39, 0.29) is 30.2 Å². The summed E-state index contributed by atoms with van der Waals surface area (Å²) in [6, 6.07) is 11.3. The molecular weight excluding hydrogens is 474 g/mol. The maximum atomic E-state index is 13.2. The molecule has 2 N–H and O–H groups in total. The van der Waals surface area contributed by atoms with Gasteiger partial charge in [-0.1, -0.05) is 12.1 Å². The second-order valence-electron chi connectivity index (χ2n) is 10.2. The number of hydrogen-bond donors (Lipinski definition) is 2. The Balaban J connectivity index is 1.16. The first-order valence-corrected chi connectivity index (χ1v) is 12.7. The minimum Gasteiger partial charge on any atom is -0.489 e. The normalized spacial score (nSPS) is 23.1. The van der Waals surface area contributed by atoms with Gasteiger partial charge in [0.2, 0.25) is 17.7 Å². The zero-order valence-electron chi connectivity index (χ0n) is 20.7. The third-order valence-corrected chi connectivity index (χ3v) is 7.56. The first-order valence-electron chi connectivity index (χ1n) is 12.7. The van der Waals surface area contributed by atoms with Gasteiger partial charge in [0, 0.05) is 57.3 Å². The van der Waals surface area contributed by atoms with Crippen LogP contribution in [0.25, 0.3) is 0 Å². The molecule has 0 spiro atoms. The van der Waals surface area contributed by atoms with Crippen molar-refractivity contribution >= 4 is 35.0 Å². The van der Waals surface area contributed by atoms with Gasteiger partial charge in [-0.15, -0.1) is 0 Å². The van der Waals surface area contributed by atoms with Gasteiger partial charge >= 0.3 is 0 Å². The topological polar surface area (TPSA) is 111 Å². The summed E-state index contributed by atoms with van der Waals surface area (Å²) in [5, 5.41) is 5.19. The van der Waals surface area contributed by atoms with Crippen LogP contribution in [0.5, 0.6) is 5.75 Å². The number of hydrogen-bond acceptors (Lipinski definition) is 7. The van der Waals surface area contributed by atoms with Crippen molar-refractivity contribution in [3.8, 4) is 5.75 Å². The summed E-state index contributed by atoms with van der Waals surface area (Å²) in [5.41, 5.74) is 4.38. The molecule has 192 valence electrons. The van der Waals surface area contributed by atoms with E-state index in [9.17, 15) is 19.2 Å². The smallest absolute Gasteiger partial charge is 0.255 e. The molecule has 4 aliphatic rings. The van der Waals surface area contributed by atoms with Gasteiger partial charge < -0.3 is 19.9 Å². The highest BCUT2D eigenvalue weighted by molar-refractivity contribution is 6.06. The standard InChI is InChI=1S/C27H29N5O5/c1-16(33)28-19-4-2-3-17(9-19)12-30-7-8-31-20(14-30)15-37-24-11-21-18(10-23(24)31)13-32(27(21)36)22-5-6-25(34)29-26(22)35/h2-4,9-11,20,22H,5-8,12-15H2,1H3,(H,28,33)(H,29,34,35)/t20-,22-/m0/s1. The van der Waals surface area contributed by atoms with Crippen LogP contribution in [0.1, 0.15) is 41.3 Å². The predicted molar refractivity (Wildman–Crippen MR) is 135 cm³/mol. The number of nitrogens with zero attached hydrogens (tertiary/aromatic N) is 3. The Bertz CT molecular complexity index is 1310. The molecule has 2 fully saturated rings. The van der Waals surface area contributed by atoms with Crippen LogP contribution >= 0.6 is 0 Å². The lowest BCUT2D eigenvalue weighted by Gasteiger charge is -2.45. The number of ether oxygens (including phenoxy) is 1. The van der Waals surface area contributed by atoms with Gasteiger partial charge in [0.25, 0.3) is 5.91 Å². The molecule has 6 rings (SSSR count). The second kappa shape index (κ2) is 9.19. The molecule has 4 aliphatic heterocycles. The molecule has 0 unspecified atom stereocenters. The zero-order chi connectivity index (χ0) is 25.7. The number of piperazine rings is 1. The number of imide groups is 1. The van der Waals surface area contributed by atoms with E-state index in [2.05, 4.69) is 26.5 Å². The van der Waals surface area contributed by atoms with Gasteiger partial charge in [0.1, 0.15) is 18.4 Å². The van der Waals surface area contributed by atoms with Crippen LogP contribution in [0.2, 0.25) is 0 Å². The Kier molecular flexibility index (Phi) is 5.83. The highest BCUT2D eigenvalue weighted by atomic mass is 16.5. The Hall–Kier alpha value is -3.92. The van der Waals surface area contributed by atoms with Crippen molar-refractivity contribution in [3.05, 3.63) is 53.1 Å². The van der Waals surface area contributed by atoms with Crippen LogP contribution in [0, 0.1) is 0 Å². The monoisotopic (exact) mass is 503 g/mol. The van der Waals surface area contributed by atoms with E-state index < -0.39 is 11.9 Å². The number of carbonyl (C=O) groups is 4. The molecule has 2 atom stereocenters. The Labute approximate surface area is 214 Å².